The number of hydrogen-bond acceptors (Lipinski definition) is 5. The molecule has 0 unspecified atom stereocenters. The molecule has 0 aliphatic carbocycles. The van der Waals surface area contributed by atoms with Crippen LogP contribution in [-0.2, 0) is 19.1 Å². The summed E-state index contributed by atoms with van der Waals surface area (Å²) in [7, 11) is 3.00. The Balaban J connectivity index is 1.90. The molecule has 0 N–H and O–H groups in total. The van der Waals surface area contributed by atoms with Gasteiger partial charge in [0.05, 0.1) is 18.4 Å². The van der Waals surface area contributed by atoms with Gasteiger partial charge in [-0.1, -0.05) is 35.9 Å². The van der Waals surface area contributed by atoms with Crippen LogP contribution in [0.3, 0.4) is 0 Å². The van der Waals surface area contributed by atoms with Crippen molar-refractivity contribution in [1.82, 2.24) is 9.91 Å². The summed E-state index contributed by atoms with van der Waals surface area (Å²) >= 11 is 6.08. The number of carbonyl (C=O) groups excluding carboxylic acids is 2. The van der Waals surface area contributed by atoms with Crippen LogP contribution in [0.25, 0.3) is 0 Å². The Morgan fingerprint density at radius 1 is 1.09 bits per heavy atom. The summed E-state index contributed by atoms with van der Waals surface area (Å²) in [6.45, 7) is 4.52. The Morgan fingerprint density at radius 2 is 1.82 bits per heavy atom. The molecule has 0 aromatic heterocycles. The second-order valence-corrected chi connectivity index (χ2v) is 8.53. The average molecular weight is 472 g/mol. The molecule has 0 saturated carbocycles. The number of methoxy groups -OCH3 is 2. The lowest BCUT2D eigenvalue weighted by Crippen LogP contribution is -2.44. The maximum atomic E-state index is 13.4. The maximum absolute atomic E-state index is 13.4. The van der Waals surface area contributed by atoms with Gasteiger partial charge in [0.1, 0.15) is 13.2 Å². The van der Waals surface area contributed by atoms with Gasteiger partial charge >= 0.3 is 0 Å². The molecule has 0 bridgehead atoms. The number of rotatable bonds is 9. The highest BCUT2D eigenvalue weighted by molar-refractivity contribution is 6.30. The van der Waals surface area contributed by atoms with Crippen molar-refractivity contribution in [2.75, 3.05) is 40.5 Å². The zero-order valence-corrected chi connectivity index (χ0v) is 20.3. The largest absolute Gasteiger partial charge is 0.383 e. The highest BCUT2D eigenvalue weighted by Crippen LogP contribution is 2.33. The third kappa shape index (κ3) is 6.19. The number of hydrogen-bond donors (Lipinski definition) is 0. The zero-order chi connectivity index (χ0) is 24.0. The number of nitrogens with zero attached hydrogens (tertiary/aromatic N) is 3. The topological polar surface area (TPSA) is 71.4 Å². The molecule has 33 heavy (non-hydrogen) atoms. The monoisotopic (exact) mass is 471 g/mol. The minimum absolute atomic E-state index is 0.102. The van der Waals surface area contributed by atoms with Gasteiger partial charge < -0.3 is 14.4 Å². The van der Waals surface area contributed by atoms with Crippen LogP contribution in [0.1, 0.15) is 34.7 Å². The third-order valence-corrected chi connectivity index (χ3v) is 6.02. The molecular weight excluding hydrogens is 442 g/mol. The summed E-state index contributed by atoms with van der Waals surface area (Å²) < 4.78 is 10.1. The van der Waals surface area contributed by atoms with Crippen LogP contribution >= 0.6 is 11.6 Å². The normalized spacial score (nSPS) is 15.5. The van der Waals surface area contributed by atoms with E-state index in [0.717, 1.165) is 16.8 Å². The predicted octanol–water partition coefficient (Wildman–Crippen LogP) is 3.76. The van der Waals surface area contributed by atoms with Crippen molar-refractivity contribution in [3.05, 3.63) is 69.7 Å². The summed E-state index contributed by atoms with van der Waals surface area (Å²) in [4.78, 5) is 27.3. The molecule has 0 saturated heterocycles. The van der Waals surface area contributed by atoms with Crippen LogP contribution < -0.4 is 0 Å². The molecular formula is C25H30ClN3O4. The Morgan fingerprint density at radius 3 is 2.45 bits per heavy atom. The van der Waals surface area contributed by atoms with E-state index in [1.165, 1.54) is 28.1 Å². The van der Waals surface area contributed by atoms with Gasteiger partial charge in [-0.15, -0.1) is 0 Å². The van der Waals surface area contributed by atoms with E-state index in [4.69, 9.17) is 26.2 Å². The van der Waals surface area contributed by atoms with E-state index in [-0.39, 0.29) is 37.6 Å². The Kier molecular flexibility index (Phi) is 8.61. The van der Waals surface area contributed by atoms with Gasteiger partial charge in [-0.3, -0.25) is 9.59 Å². The molecule has 0 spiro atoms. The fourth-order valence-electron chi connectivity index (χ4n) is 3.72. The molecule has 1 heterocycles. The summed E-state index contributed by atoms with van der Waals surface area (Å²) in [6, 6.07) is 13.3. The highest BCUT2D eigenvalue weighted by Gasteiger charge is 2.34. The second-order valence-electron chi connectivity index (χ2n) is 8.10. The lowest BCUT2D eigenvalue weighted by molar-refractivity contribution is -0.144. The van der Waals surface area contributed by atoms with Crippen LogP contribution in [-0.4, -0.2) is 68.0 Å². The van der Waals surface area contributed by atoms with Crippen molar-refractivity contribution < 1.29 is 19.1 Å². The quantitative estimate of drug-likeness (QED) is 0.558. The van der Waals surface area contributed by atoms with Crippen molar-refractivity contribution in [1.29, 1.82) is 0 Å². The number of aryl methyl sites for hydroxylation is 2. The van der Waals surface area contributed by atoms with Gasteiger partial charge in [-0.05, 0) is 54.3 Å². The first-order valence-corrected chi connectivity index (χ1v) is 11.2. The van der Waals surface area contributed by atoms with Crippen LogP contribution in [0.5, 0.6) is 0 Å². The predicted molar refractivity (Wildman–Crippen MR) is 128 cm³/mol. The number of halogens is 1. The van der Waals surface area contributed by atoms with Crippen molar-refractivity contribution in [3.63, 3.8) is 0 Å². The zero-order valence-electron chi connectivity index (χ0n) is 19.5. The standard InChI is InChI=1S/C25H30ClN3O4/c1-17-5-6-20(13-18(17)2)22-14-23(19-7-9-21(26)10-8-19)29(27-22)24(30)15-28(11-12-32-3)25(31)16-33-4/h5-10,13,23H,11-12,14-16H2,1-4H3/t23-/m1/s1. The summed E-state index contributed by atoms with van der Waals surface area (Å²) in [5.74, 6) is -0.544. The summed E-state index contributed by atoms with van der Waals surface area (Å²) in [5, 5.41) is 6.83. The minimum Gasteiger partial charge on any atom is -0.383 e. The Bertz CT molecular complexity index is 1020. The van der Waals surface area contributed by atoms with Crippen molar-refractivity contribution in [2.24, 2.45) is 5.10 Å². The first kappa shape index (κ1) is 24.9. The lowest BCUT2D eigenvalue weighted by atomic mass is 9.96. The van der Waals surface area contributed by atoms with Gasteiger partial charge in [-0.2, -0.15) is 5.10 Å². The average Bonchev–Trinajstić information content (AvgIpc) is 3.24. The van der Waals surface area contributed by atoms with Gasteiger partial charge in [0.2, 0.25) is 5.91 Å². The molecule has 2 aromatic carbocycles. The van der Waals surface area contributed by atoms with Crippen molar-refractivity contribution in [3.8, 4) is 0 Å². The van der Waals surface area contributed by atoms with Gasteiger partial charge in [-0.25, -0.2) is 5.01 Å². The van der Waals surface area contributed by atoms with Gasteiger partial charge in [0.25, 0.3) is 5.91 Å². The first-order chi connectivity index (χ1) is 15.8. The number of carbonyl (C=O) groups is 2. The highest BCUT2D eigenvalue weighted by atomic mass is 35.5. The fraction of sp³-hybridized carbons (Fsp3) is 0.400. The van der Waals surface area contributed by atoms with Crippen molar-refractivity contribution >= 4 is 29.1 Å². The molecule has 8 heteroatoms. The number of benzene rings is 2. The molecule has 3 rings (SSSR count). The molecule has 1 aliphatic rings. The summed E-state index contributed by atoms with van der Waals surface area (Å²) in [6.07, 6.45) is 0.569. The van der Waals surface area contributed by atoms with Crippen LogP contribution in [0, 0.1) is 13.8 Å². The molecule has 2 amide bonds. The Labute approximate surface area is 199 Å². The number of amides is 2. The van der Waals surface area contributed by atoms with Crippen molar-refractivity contribution in [2.45, 2.75) is 26.3 Å². The lowest BCUT2D eigenvalue weighted by Gasteiger charge is -2.26. The SMILES string of the molecule is COCCN(CC(=O)N1N=C(c2ccc(C)c(C)c2)C[C@@H]1c1ccc(Cl)cc1)C(=O)COC. The van der Waals surface area contributed by atoms with Crippen LogP contribution in [0.4, 0.5) is 0 Å². The second kappa shape index (κ2) is 11.4. The van der Waals surface area contributed by atoms with E-state index in [1.807, 2.05) is 18.2 Å². The van der Waals surface area contributed by atoms with E-state index in [9.17, 15) is 9.59 Å². The van der Waals surface area contributed by atoms with Crippen LogP contribution in [0.2, 0.25) is 5.02 Å². The van der Waals surface area contributed by atoms with E-state index >= 15 is 0 Å². The summed E-state index contributed by atoms with van der Waals surface area (Å²) in [5.41, 5.74) is 5.11. The van der Waals surface area contributed by atoms with E-state index in [2.05, 4.69) is 26.0 Å². The molecule has 176 valence electrons. The molecule has 7 nitrogen and oxygen atoms in total. The molecule has 2 aromatic rings. The van der Waals surface area contributed by atoms with Gasteiger partial charge in [0.15, 0.2) is 0 Å². The number of hydrazone groups is 1. The number of ether oxygens (including phenoxy) is 2. The molecule has 1 atom stereocenters. The smallest absolute Gasteiger partial charge is 0.262 e. The van der Waals surface area contributed by atoms with E-state index in [1.54, 1.807) is 19.2 Å². The van der Waals surface area contributed by atoms with Crippen LogP contribution in [0.15, 0.2) is 47.6 Å². The maximum Gasteiger partial charge on any atom is 0.262 e. The van der Waals surface area contributed by atoms with E-state index in [0.29, 0.717) is 18.1 Å². The molecule has 1 aliphatic heterocycles. The van der Waals surface area contributed by atoms with Gasteiger partial charge in [0, 0.05) is 32.2 Å². The minimum atomic E-state index is -0.284. The fourth-order valence-corrected chi connectivity index (χ4v) is 3.85. The Hall–Kier alpha value is -2.74. The molecule has 0 radical (unpaired) electrons. The first-order valence-electron chi connectivity index (χ1n) is 10.8. The third-order valence-electron chi connectivity index (χ3n) is 5.77. The van der Waals surface area contributed by atoms with E-state index < -0.39 is 0 Å². The molecule has 0 fully saturated rings.